The van der Waals surface area contributed by atoms with E-state index in [9.17, 15) is 9.59 Å². The highest BCUT2D eigenvalue weighted by Gasteiger charge is 2.27. The first-order valence-electron chi connectivity index (χ1n) is 10.2. The number of aliphatic carboxylic acids is 1. The lowest BCUT2D eigenvalue weighted by Gasteiger charge is -2.22. The first-order chi connectivity index (χ1) is 11.6. The highest BCUT2D eigenvalue weighted by Crippen LogP contribution is 2.23. The minimum atomic E-state index is -0.900. The van der Waals surface area contributed by atoms with Gasteiger partial charge in [-0.3, -0.25) is 9.59 Å². The number of carboxylic acid groups (broad SMARTS) is 1. The summed E-state index contributed by atoms with van der Waals surface area (Å²) in [5, 5.41) is 8.93. The van der Waals surface area contributed by atoms with Crippen molar-refractivity contribution in [1.29, 1.82) is 0 Å². The van der Waals surface area contributed by atoms with Crippen molar-refractivity contribution >= 4 is 11.9 Å². The van der Waals surface area contributed by atoms with Crippen molar-refractivity contribution in [3.05, 3.63) is 0 Å². The molecule has 24 heavy (non-hydrogen) atoms. The number of hydrogen-bond donors (Lipinski definition) is 1. The summed E-state index contributed by atoms with van der Waals surface area (Å²) in [7, 11) is 0. The fourth-order valence-electron chi connectivity index (χ4n) is 3.65. The largest absolute Gasteiger partial charge is 0.480 e. The van der Waals surface area contributed by atoms with Crippen LogP contribution in [0.5, 0.6) is 0 Å². The van der Waals surface area contributed by atoms with Crippen LogP contribution in [0.3, 0.4) is 0 Å². The minimum absolute atomic E-state index is 0.0564. The van der Waals surface area contributed by atoms with E-state index < -0.39 is 5.97 Å². The molecule has 4 heteroatoms. The van der Waals surface area contributed by atoms with E-state index in [-0.39, 0.29) is 18.4 Å². The van der Waals surface area contributed by atoms with Gasteiger partial charge in [0.15, 0.2) is 0 Å². The molecule has 1 unspecified atom stereocenters. The standard InChI is InChI=1S/C20H37NO3/c1-2-3-4-5-6-7-8-9-10-11-14-18-15-12-13-16-21(20(18)24)17-19(22)23/h18H,2-17H2,1H3,(H,22,23). The fraction of sp³-hybridized carbons (Fsp3) is 0.900. The van der Waals surface area contributed by atoms with E-state index in [1.54, 1.807) is 4.90 Å². The number of rotatable bonds is 13. The second-order valence-corrected chi connectivity index (χ2v) is 7.32. The fourth-order valence-corrected chi connectivity index (χ4v) is 3.65. The third kappa shape index (κ3) is 9.29. The smallest absolute Gasteiger partial charge is 0.323 e. The van der Waals surface area contributed by atoms with Gasteiger partial charge in [0.2, 0.25) is 5.91 Å². The number of nitrogens with zero attached hydrogens (tertiary/aromatic N) is 1. The van der Waals surface area contributed by atoms with E-state index in [0.717, 1.165) is 32.1 Å². The summed E-state index contributed by atoms with van der Waals surface area (Å²) < 4.78 is 0. The van der Waals surface area contributed by atoms with Crippen molar-refractivity contribution in [3.63, 3.8) is 0 Å². The maximum absolute atomic E-state index is 12.4. The predicted molar refractivity (Wildman–Crippen MR) is 98.0 cm³/mol. The summed E-state index contributed by atoms with van der Waals surface area (Å²) >= 11 is 0. The van der Waals surface area contributed by atoms with Gasteiger partial charge in [-0.2, -0.15) is 0 Å². The van der Waals surface area contributed by atoms with Crippen molar-refractivity contribution in [3.8, 4) is 0 Å². The van der Waals surface area contributed by atoms with Gasteiger partial charge in [0.25, 0.3) is 0 Å². The SMILES string of the molecule is CCCCCCCCCCCCC1CCCCN(CC(=O)O)C1=O. The molecule has 1 heterocycles. The van der Waals surface area contributed by atoms with Gasteiger partial charge in [0.05, 0.1) is 0 Å². The topological polar surface area (TPSA) is 57.6 Å². The summed E-state index contributed by atoms with van der Waals surface area (Å²) in [4.78, 5) is 24.9. The molecule has 0 aliphatic carbocycles. The monoisotopic (exact) mass is 339 g/mol. The van der Waals surface area contributed by atoms with E-state index >= 15 is 0 Å². The molecule has 0 saturated carbocycles. The molecule has 1 fully saturated rings. The van der Waals surface area contributed by atoms with E-state index in [0.29, 0.717) is 6.54 Å². The van der Waals surface area contributed by atoms with Crippen LogP contribution in [0.25, 0.3) is 0 Å². The lowest BCUT2D eigenvalue weighted by molar-refractivity contribution is -0.146. The number of hydrogen-bond acceptors (Lipinski definition) is 2. The molecule has 1 atom stereocenters. The molecule has 1 N–H and O–H groups in total. The van der Waals surface area contributed by atoms with Gasteiger partial charge in [0.1, 0.15) is 6.54 Å². The Labute approximate surface area is 148 Å². The van der Waals surface area contributed by atoms with Crippen molar-refractivity contribution in [2.24, 2.45) is 5.92 Å². The summed E-state index contributed by atoms with van der Waals surface area (Å²) in [6, 6.07) is 0. The first-order valence-corrected chi connectivity index (χ1v) is 10.2. The third-order valence-corrected chi connectivity index (χ3v) is 5.12. The van der Waals surface area contributed by atoms with Crippen LogP contribution in [0.2, 0.25) is 0 Å². The molecule has 1 aliphatic heterocycles. The van der Waals surface area contributed by atoms with Gasteiger partial charge in [-0.15, -0.1) is 0 Å². The van der Waals surface area contributed by atoms with E-state index in [1.165, 1.54) is 57.8 Å². The van der Waals surface area contributed by atoms with Gasteiger partial charge in [-0.25, -0.2) is 0 Å². The van der Waals surface area contributed by atoms with Crippen molar-refractivity contribution in [2.75, 3.05) is 13.1 Å². The number of unbranched alkanes of at least 4 members (excludes halogenated alkanes) is 9. The van der Waals surface area contributed by atoms with Crippen LogP contribution in [0.1, 0.15) is 96.8 Å². The van der Waals surface area contributed by atoms with Crippen molar-refractivity contribution in [2.45, 2.75) is 96.8 Å². The van der Waals surface area contributed by atoms with Crippen LogP contribution in [0.15, 0.2) is 0 Å². The molecule has 0 radical (unpaired) electrons. The van der Waals surface area contributed by atoms with Crippen LogP contribution in [-0.4, -0.2) is 35.0 Å². The average Bonchev–Trinajstić information content (AvgIpc) is 2.72. The summed E-state index contributed by atoms with van der Waals surface area (Å²) in [6.45, 7) is 2.73. The molecular weight excluding hydrogens is 302 g/mol. The molecule has 1 rings (SSSR count). The number of carbonyl (C=O) groups is 2. The van der Waals surface area contributed by atoms with Crippen LogP contribution in [0.4, 0.5) is 0 Å². The Morgan fingerprint density at radius 1 is 1.00 bits per heavy atom. The Kier molecular flexibility index (Phi) is 11.6. The summed E-state index contributed by atoms with van der Waals surface area (Å²) in [5.41, 5.74) is 0. The minimum Gasteiger partial charge on any atom is -0.480 e. The Morgan fingerprint density at radius 2 is 1.58 bits per heavy atom. The van der Waals surface area contributed by atoms with E-state index in [4.69, 9.17) is 5.11 Å². The number of amides is 1. The predicted octanol–water partition coefficient (Wildman–Crippen LogP) is 5.01. The Morgan fingerprint density at radius 3 is 2.17 bits per heavy atom. The number of likely N-dealkylation sites (tertiary alicyclic amines) is 1. The van der Waals surface area contributed by atoms with Crippen molar-refractivity contribution in [1.82, 2.24) is 4.90 Å². The summed E-state index contributed by atoms with van der Waals surface area (Å²) in [5.74, 6) is -0.769. The zero-order valence-electron chi connectivity index (χ0n) is 15.6. The molecule has 0 aromatic rings. The summed E-state index contributed by atoms with van der Waals surface area (Å²) in [6.07, 6.45) is 16.9. The normalized spacial score (nSPS) is 18.6. The van der Waals surface area contributed by atoms with Crippen LogP contribution in [-0.2, 0) is 9.59 Å². The lowest BCUT2D eigenvalue weighted by Crippen LogP contribution is -2.38. The first kappa shape index (κ1) is 21.0. The maximum Gasteiger partial charge on any atom is 0.323 e. The molecule has 1 aliphatic rings. The zero-order valence-corrected chi connectivity index (χ0v) is 15.6. The maximum atomic E-state index is 12.4. The van der Waals surface area contributed by atoms with Crippen LogP contribution >= 0.6 is 0 Å². The Balaban J connectivity index is 2.10. The second-order valence-electron chi connectivity index (χ2n) is 7.32. The number of carbonyl (C=O) groups excluding carboxylic acids is 1. The van der Waals surface area contributed by atoms with Gasteiger partial charge in [-0.05, 0) is 19.3 Å². The molecule has 140 valence electrons. The zero-order chi connectivity index (χ0) is 17.6. The van der Waals surface area contributed by atoms with E-state index in [1.807, 2.05) is 0 Å². The molecule has 0 aromatic heterocycles. The van der Waals surface area contributed by atoms with Gasteiger partial charge in [-0.1, -0.05) is 77.6 Å². The van der Waals surface area contributed by atoms with Gasteiger partial charge in [0, 0.05) is 12.5 Å². The third-order valence-electron chi connectivity index (χ3n) is 5.12. The van der Waals surface area contributed by atoms with Gasteiger partial charge >= 0.3 is 5.97 Å². The highest BCUT2D eigenvalue weighted by atomic mass is 16.4. The quantitative estimate of drug-likeness (QED) is 0.480. The van der Waals surface area contributed by atoms with Crippen LogP contribution < -0.4 is 0 Å². The lowest BCUT2D eigenvalue weighted by atomic mass is 9.95. The van der Waals surface area contributed by atoms with Gasteiger partial charge < -0.3 is 10.0 Å². The molecule has 1 saturated heterocycles. The Bertz CT molecular complexity index is 357. The molecule has 0 bridgehead atoms. The number of carboxylic acids is 1. The molecular formula is C20H37NO3. The van der Waals surface area contributed by atoms with E-state index in [2.05, 4.69) is 6.92 Å². The average molecular weight is 340 g/mol. The molecule has 0 aromatic carbocycles. The molecule has 0 spiro atoms. The second kappa shape index (κ2) is 13.3. The molecule has 1 amide bonds. The molecule has 4 nitrogen and oxygen atoms in total. The highest BCUT2D eigenvalue weighted by molar-refractivity contribution is 5.83. The van der Waals surface area contributed by atoms with Crippen LogP contribution in [0, 0.1) is 5.92 Å². The van der Waals surface area contributed by atoms with Crippen molar-refractivity contribution < 1.29 is 14.7 Å². The Hall–Kier alpha value is -1.06.